The number of carbonyl (C=O) groups excluding carboxylic acids is 1. The molecule has 2 aromatic carbocycles. The lowest BCUT2D eigenvalue weighted by Crippen LogP contribution is -2.49. The highest BCUT2D eigenvalue weighted by Gasteiger charge is 2.22. The summed E-state index contributed by atoms with van der Waals surface area (Å²) < 4.78 is 0. The van der Waals surface area contributed by atoms with Gasteiger partial charge in [-0.3, -0.25) is 4.79 Å². The predicted molar refractivity (Wildman–Crippen MR) is 100 cm³/mol. The van der Waals surface area contributed by atoms with Crippen LogP contribution in [0.15, 0.2) is 42.5 Å². The molecule has 25 heavy (non-hydrogen) atoms. The lowest BCUT2D eigenvalue weighted by molar-refractivity contribution is -0.130. The Hall–Kier alpha value is -2.22. The summed E-state index contributed by atoms with van der Waals surface area (Å²) in [5.74, 6) is 0.0885. The van der Waals surface area contributed by atoms with Crippen molar-refractivity contribution < 1.29 is 4.79 Å². The van der Waals surface area contributed by atoms with Crippen LogP contribution in [0.4, 0.5) is 5.69 Å². The van der Waals surface area contributed by atoms with E-state index in [1.54, 1.807) is 18.2 Å². The first-order chi connectivity index (χ1) is 12.1. The molecule has 1 saturated heterocycles. The highest BCUT2D eigenvalue weighted by molar-refractivity contribution is 6.32. The number of halogens is 2. The number of carbonyl (C=O) groups is 1. The maximum absolute atomic E-state index is 12.5. The molecule has 0 bridgehead atoms. The predicted octanol–water partition coefficient (Wildman–Crippen LogP) is 3.76. The molecule has 1 aliphatic heterocycles. The molecule has 0 N–H and O–H groups in total. The third-order valence-corrected chi connectivity index (χ3v) is 5.05. The average Bonchev–Trinajstić information content (AvgIpc) is 2.63. The Morgan fingerprint density at radius 3 is 2.40 bits per heavy atom. The van der Waals surface area contributed by atoms with Gasteiger partial charge in [-0.05, 0) is 29.8 Å². The average molecular weight is 374 g/mol. The van der Waals surface area contributed by atoms with Crippen molar-refractivity contribution in [1.29, 1.82) is 5.26 Å². The van der Waals surface area contributed by atoms with Gasteiger partial charge in [-0.1, -0.05) is 41.4 Å². The number of rotatable bonds is 3. The highest BCUT2D eigenvalue weighted by atomic mass is 35.5. The fourth-order valence-corrected chi connectivity index (χ4v) is 3.34. The van der Waals surface area contributed by atoms with Crippen molar-refractivity contribution in [3.63, 3.8) is 0 Å². The molecule has 1 amide bonds. The lowest BCUT2D eigenvalue weighted by atomic mass is 10.1. The first-order valence-electron chi connectivity index (χ1n) is 8.04. The summed E-state index contributed by atoms with van der Waals surface area (Å²) in [5.41, 5.74) is 2.30. The molecule has 0 radical (unpaired) electrons. The Labute approximate surface area is 157 Å². The van der Waals surface area contributed by atoms with Gasteiger partial charge in [-0.15, -0.1) is 0 Å². The van der Waals surface area contributed by atoms with Crippen LogP contribution >= 0.6 is 23.2 Å². The molecule has 3 rings (SSSR count). The standard InChI is InChI=1S/C19H17Cl2N3O/c20-17-4-2-1-3-14(17)11-19(25)24-9-7-23(8-10-24)16-6-5-15(13-22)18(21)12-16/h1-6,12H,7-11H2. The number of benzene rings is 2. The van der Waals surface area contributed by atoms with Gasteiger partial charge in [-0.25, -0.2) is 0 Å². The molecule has 0 atom stereocenters. The highest BCUT2D eigenvalue weighted by Crippen LogP contribution is 2.24. The Morgan fingerprint density at radius 1 is 1.04 bits per heavy atom. The van der Waals surface area contributed by atoms with E-state index in [4.69, 9.17) is 28.5 Å². The monoisotopic (exact) mass is 373 g/mol. The van der Waals surface area contributed by atoms with Crippen LogP contribution in [0.2, 0.25) is 10.0 Å². The first kappa shape index (κ1) is 17.6. The minimum Gasteiger partial charge on any atom is -0.368 e. The van der Waals surface area contributed by atoms with E-state index >= 15 is 0 Å². The molecule has 1 fully saturated rings. The van der Waals surface area contributed by atoms with Gasteiger partial charge in [0.1, 0.15) is 6.07 Å². The normalized spacial score (nSPS) is 14.3. The van der Waals surface area contributed by atoms with Crippen molar-refractivity contribution in [2.24, 2.45) is 0 Å². The second-order valence-electron chi connectivity index (χ2n) is 5.91. The van der Waals surface area contributed by atoms with Crippen LogP contribution in [0.1, 0.15) is 11.1 Å². The van der Waals surface area contributed by atoms with Crippen LogP contribution < -0.4 is 4.90 Å². The van der Waals surface area contributed by atoms with Crippen molar-refractivity contribution >= 4 is 34.8 Å². The Bertz CT molecular complexity index is 824. The number of nitriles is 1. The van der Waals surface area contributed by atoms with Crippen LogP contribution in [0.25, 0.3) is 0 Å². The lowest BCUT2D eigenvalue weighted by Gasteiger charge is -2.36. The second kappa shape index (κ2) is 7.77. The summed E-state index contributed by atoms with van der Waals surface area (Å²) in [4.78, 5) is 16.5. The molecule has 0 aliphatic carbocycles. The maximum Gasteiger partial charge on any atom is 0.227 e. The zero-order valence-corrected chi connectivity index (χ0v) is 15.1. The zero-order chi connectivity index (χ0) is 17.8. The van der Waals surface area contributed by atoms with E-state index in [1.165, 1.54) is 0 Å². The van der Waals surface area contributed by atoms with E-state index in [2.05, 4.69) is 11.0 Å². The van der Waals surface area contributed by atoms with Crippen molar-refractivity contribution in [1.82, 2.24) is 4.90 Å². The summed E-state index contributed by atoms with van der Waals surface area (Å²) >= 11 is 12.2. The minimum atomic E-state index is 0.0885. The van der Waals surface area contributed by atoms with E-state index in [1.807, 2.05) is 29.2 Å². The van der Waals surface area contributed by atoms with E-state index < -0.39 is 0 Å². The Balaban J connectivity index is 1.60. The number of nitrogens with zero attached hydrogens (tertiary/aromatic N) is 3. The van der Waals surface area contributed by atoms with E-state index in [0.717, 1.165) is 24.3 Å². The Kier molecular flexibility index (Phi) is 5.47. The molecule has 0 saturated carbocycles. The molecule has 0 unspecified atom stereocenters. The molecule has 0 spiro atoms. The first-order valence-corrected chi connectivity index (χ1v) is 8.80. The van der Waals surface area contributed by atoms with Crippen molar-refractivity contribution in [2.45, 2.75) is 6.42 Å². The van der Waals surface area contributed by atoms with Gasteiger partial charge in [-0.2, -0.15) is 5.26 Å². The van der Waals surface area contributed by atoms with Crippen LogP contribution in [0, 0.1) is 11.3 Å². The topological polar surface area (TPSA) is 47.3 Å². The molecule has 1 heterocycles. The number of piperazine rings is 1. The van der Waals surface area contributed by atoms with Gasteiger partial charge < -0.3 is 9.80 Å². The van der Waals surface area contributed by atoms with Gasteiger partial charge in [0, 0.05) is 36.9 Å². The maximum atomic E-state index is 12.5. The molecule has 0 aromatic heterocycles. The zero-order valence-electron chi connectivity index (χ0n) is 13.6. The van der Waals surface area contributed by atoms with Crippen LogP contribution in [0.5, 0.6) is 0 Å². The third-order valence-electron chi connectivity index (χ3n) is 4.37. The summed E-state index contributed by atoms with van der Waals surface area (Å²) in [7, 11) is 0. The number of hydrogen-bond donors (Lipinski definition) is 0. The number of hydrogen-bond acceptors (Lipinski definition) is 3. The number of amides is 1. The fraction of sp³-hybridized carbons (Fsp3) is 0.263. The summed E-state index contributed by atoms with van der Waals surface area (Å²) in [6, 6.07) is 14.9. The minimum absolute atomic E-state index is 0.0885. The van der Waals surface area contributed by atoms with E-state index in [-0.39, 0.29) is 5.91 Å². The van der Waals surface area contributed by atoms with Crippen LogP contribution in [-0.2, 0) is 11.2 Å². The Morgan fingerprint density at radius 2 is 1.76 bits per heavy atom. The summed E-state index contributed by atoms with van der Waals surface area (Å²) in [5, 5.41) is 10.0. The van der Waals surface area contributed by atoms with Gasteiger partial charge >= 0.3 is 0 Å². The molecule has 128 valence electrons. The van der Waals surface area contributed by atoms with Crippen LogP contribution in [-0.4, -0.2) is 37.0 Å². The smallest absolute Gasteiger partial charge is 0.227 e. The van der Waals surface area contributed by atoms with Gasteiger partial charge in [0.05, 0.1) is 17.0 Å². The van der Waals surface area contributed by atoms with Crippen molar-refractivity contribution in [3.05, 3.63) is 63.6 Å². The van der Waals surface area contributed by atoms with Gasteiger partial charge in [0.2, 0.25) is 5.91 Å². The third kappa shape index (κ3) is 4.07. The molecule has 4 nitrogen and oxygen atoms in total. The fourth-order valence-electron chi connectivity index (χ4n) is 2.92. The van der Waals surface area contributed by atoms with Gasteiger partial charge in [0.15, 0.2) is 0 Å². The molecule has 2 aromatic rings. The van der Waals surface area contributed by atoms with Crippen molar-refractivity contribution in [3.8, 4) is 6.07 Å². The molecular weight excluding hydrogens is 357 g/mol. The molecule has 1 aliphatic rings. The largest absolute Gasteiger partial charge is 0.368 e. The quantitative estimate of drug-likeness (QED) is 0.822. The van der Waals surface area contributed by atoms with Crippen molar-refractivity contribution in [2.75, 3.05) is 31.1 Å². The number of anilines is 1. The van der Waals surface area contributed by atoms with E-state index in [0.29, 0.717) is 35.1 Å². The van der Waals surface area contributed by atoms with E-state index in [9.17, 15) is 4.79 Å². The second-order valence-corrected chi connectivity index (χ2v) is 6.73. The summed E-state index contributed by atoms with van der Waals surface area (Å²) in [6.45, 7) is 2.77. The van der Waals surface area contributed by atoms with Gasteiger partial charge in [0.25, 0.3) is 0 Å². The summed E-state index contributed by atoms with van der Waals surface area (Å²) in [6.07, 6.45) is 0.322. The SMILES string of the molecule is N#Cc1ccc(N2CCN(C(=O)Cc3ccccc3Cl)CC2)cc1Cl. The van der Waals surface area contributed by atoms with Crippen LogP contribution in [0.3, 0.4) is 0 Å². The molecule has 6 heteroatoms. The molecular formula is C19H17Cl2N3O.